The molecule has 10 heavy (non-hydrogen) atoms. The normalized spacial score (nSPS) is 8.80. The minimum Gasteiger partial charge on any atom is -0.128 e. The summed E-state index contributed by atoms with van der Waals surface area (Å²) in [6.45, 7) is 0. The van der Waals surface area contributed by atoms with E-state index in [0.29, 0.717) is 0 Å². The van der Waals surface area contributed by atoms with Gasteiger partial charge >= 0.3 is 0 Å². The van der Waals surface area contributed by atoms with E-state index in [1.54, 1.807) is 11.8 Å². The lowest BCUT2D eigenvalue weighted by Crippen LogP contribution is -1.76. The van der Waals surface area contributed by atoms with Crippen LogP contribution in [-0.2, 0) is 0 Å². The predicted molar refractivity (Wildman–Crippen MR) is 46.2 cm³/mol. The molecule has 0 amide bonds. The van der Waals surface area contributed by atoms with Gasteiger partial charge in [-0.05, 0) is 18.4 Å². The number of terminal acetylenes is 1. The maximum absolute atomic E-state index is 5.26. The molecule has 0 N–H and O–H groups in total. The number of thioether (sulfide) groups is 1. The van der Waals surface area contributed by atoms with Gasteiger partial charge in [0, 0.05) is 10.5 Å². The second-order valence-electron chi connectivity index (χ2n) is 1.84. The third-order valence-corrected chi connectivity index (χ3v) is 2.06. The Bertz CT molecular complexity index is 258. The highest BCUT2D eigenvalue weighted by Crippen LogP contribution is 2.18. The maximum Gasteiger partial charge on any atom is 0.0378 e. The molecule has 0 nitrogen and oxygen atoms in total. The van der Waals surface area contributed by atoms with Gasteiger partial charge in [-0.15, -0.1) is 18.2 Å². The maximum atomic E-state index is 5.26. The monoisotopic (exact) mass is 148 g/mol. The molecule has 0 spiro atoms. The second-order valence-corrected chi connectivity index (χ2v) is 2.69. The van der Waals surface area contributed by atoms with Crippen LogP contribution in [0.25, 0.3) is 0 Å². The summed E-state index contributed by atoms with van der Waals surface area (Å²) in [5.74, 6) is 2.63. The molecule has 0 unspecified atom stereocenters. The highest BCUT2D eigenvalue weighted by molar-refractivity contribution is 7.98. The summed E-state index contributed by atoms with van der Waals surface area (Å²) in [4.78, 5) is 1.17. The lowest BCUT2D eigenvalue weighted by atomic mass is 10.2. The van der Waals surface area contributed by atoms with Crippen LogP contribution in [0, 0.1) is 12.3 Å². The molecule has 0 aliphatic rings. The first-order chi connectivity index (χ1) is 4.88. The fourth-order valence-corrected chi connectivity index (χ4v) is 1.33. The molecule has 0 atom stereocenters. The Morgan fingerprint density at radius 1 is 1.40 bits per heavy atom. The molecule has 0 radical (unpaired) electrons. The number of rotatable bonds is 1. The first-order valence-corrected chi connectivity index (χ1v) is 4.20. The van der Waals surface area contributed by atoms with E-state index in [0.717, 1.165) is 5.56 Å². The Morgan fingerprint density at radius 2 is 2.10 bits per heavy atom. The largest absolute Gasteiger partial charge is 0.128 e. The van der Waals surface area contributed by atoms with E-state index < -0.39 is 0 Å². The van der Waals surface area contributed by atoms with Gasteiger partial charge in [-0.25, -0.2) is 0 Å². The van der Waals surface area contributed by atoms with Crippen LogP contribution in [0.3, 0.4) is 0 Å². The van der Waals surface area contributed by atoms with Gasteiger partial charge < -0.3 is 0 Å². The zero-order valence-electron chi connectivity index (χ0n) is 5.79. The van der Waals surface area contributed by atoms with E-state index in [1.165, 1.54) is 4.90 Å². The van der Waals surface area contributed by atoms with E-state index in [2.05, 4.69) is 5.92 Å². The van der Waals surface area contributed by atoms with Gasteiger partial charge in [0.05, 0.1) is 0 Å². The highest BCUT2D eigenvalue weighted by Gasteiger charge is 1.93. The molecule has 1 aromatic carbocycles. The van der Waals surface area contributed by atoms with Crippen molar-refractivity contribution in [2.24, 2.45) is 0 Å². The summed E-state index contributed by atoms with van der Waals surface area (Å²) < 4.78 is 0. The third kappa shape index (κ3) is 1.34. The smallest absolute Gasteiger partial charge is 0.0378 e. The van der Waals surface area contributed by atoms with Crippen molar-refractivity contribution in [1.29, 1.82) is 0 Å². The highest BCUT2D eigenvalue weighted by atomic mass is 32.2. The van der Waals surface area contributed by atoms with E-state index in [4.69, 9.17) is 6.42 Å². The van der Waals surface area contributed by atoms with E-state index in [1.807, 2.05) is 30.5 Å². The van der Waals surface area contributed by atoms with E-state index in [-0.39, 0.29) is 0 Å². The zero-order valence-corrected chi connectivity index (χ0v) is 6.61. The molecule has 1 aromatic rings. The summed E-state index contributed by atoms with van der Waals surface area (Å²) >= 11 is 1.68. The topological polar surface area (TPSA) is 0 Å². The Kier molecular flexibility index (Phi) is 2.42. The van der Waals surface area contributed by atoms with Crippen LogP contribution in [0.5, 0.6) is 0 Å². The fraction of sp³-hybridized carbons (Fsp3) is 0.111. The quantitative estimate of drug-likeness (QED) is 0.435. The Morgan fingerprint density at radius 3 is 2.60 bits per heavy atom. The molecule has 0 bridgehead atoms. The number of hydrogen-bond acceptors (Lipinski definition) is 1. The molecule has 1 rings (SSSR count). The molecule has 1 heteroatoms. The van der Waals surface area contributed by atoms with Gasteiger partial charge in [-0.2, -0.15) is 0 Å². The van der Waals surface area contributed by atoms with Crippen LogP contribution in [-0.4, -0.2) is 6.26 Å². The van der Waals surface area contributed by atoms with Crippen molar-refractivity contribution in [3.8, 4) is 12.3 Å². The molecule has 50 valence electrons. The minimum atomic E-state index is 0.981. The Balaban J connectivity index is 3.12. The van der Waals surface area contributed by atoms with Crippen molar-refractivity contribution >= 4 is 11.8 Å². The lowest BCUT2D eigenvalue weighted by Gasteiger charge is -1.97. The average molecular weight is 148 g/mol. The van der Waals surface area contributed by atoms with Crippen LogP contribution in [0.4, 0.5) is 0 Å². The van der Waals surface area contributed by atoms with Crippen molar-refractivity contribution in [2.75, 3.05) is 6.26 Å². The van der Waals surface area contributed by atoms with Crippen molar-refractivity contribution in [2.45, 2.75) is 4.90 Å². The van der Waals surface area contributed by atoms with Crippen LogP contribution < -0.4 is 0 Å². The molecule has 0 aliphatic carbocycles. The molecule has 0 saturated carbocycles. The number of benzene rings is 1. The molecule has 0 saturated heterocycles. The van der Waals surface area contributed by atoms with Crippen LogP contribution in [0.15, 0.2) is 29.2 Å². The van der Waals surface area contributed by atoms with Crippen molar-refractivity contribution < 1.29 is 0 Å². The fourth-order valence-electron chi connectivity index (χ4n) is 0.764. The molecule has 0 aliphatic heterocycles. The average Bonchev–Trinajstić information content (AvgIpc) is 2.04. The molecule has 0 heterocycles. The molecule has 0 aromatic heterocycles. The van der Waals surface area contributed by atoms with Gasteiger partial charge in [-0.3, -0.25) is 0 Å². The van der Waals surface area contributed by atoms with Crippen LogP contribution in [0.2, 0.25) is 0 Å². The minimum absolute atomic E-state index is 0.981. The predicted octanol–water partition coefficient (Wildman–Crippen LogP) is 2.39. The van der Waals surface area contributed by atoms with E-state index in [9.17, 15) is 0 Å². The van der Waals surface area contributed by atoms with Crippen molar-refractivity contribution in [3.05, 3.63) is 29.8 Å². The standard InChI is InChI=1S/C9H8S/c1-3-8-6-4-5-7-9(8)10-2/h1,4-7H,2H3. The summed E-state index contributed by atoms with van der Waals surface area (Å²) in [7, 11) is 0. The van der Waals surface area contributed by atoms with Crippen molar-refractivity contribution in [1.82, 2.24) is 0 Å². The van der Waals surface area contributed by atoms with Gasteiger partial charge in [0.15, 0.2) is 0 Å². The zero-order chi connectivity index (χ0) is 7.40. The summed E-state index contributed by atoms with van der Waals surface area (Å²) in [5.41, 5.74) is 0.981. The van der Waals surface area contributed by atoms with Crippen molar-refractivity contribution in [3.63, 3.8) is 0 Å². The van der Waals surface area contributed by atoms with Gasteiger partial charge in [0.1, 0.15) is 0 Å². The number of hydrogen-bond donors (Lipinski definition) is 0. The molecular formula is C9H8S. The molecular weight excluding hydrogens is 140 g/mol. The first-order valence-electron chi connectivity index (χ1n) is 2.98. The summed E-state index contributed by atoms with van der Waals surface area (Å²) in [6.07, 6.45) is 7.29. The summed E-state index contributed by atoms with van der Waals surface area (Å²) in [6, 6.07) is 7.92. The van der Waals surface area contributed by atoms with Gasteiger partial charge in [-0.1, -0.05) is 18.1 Å². The van der Waals surface area contributed by atoms with Gasteiger partial charge in [0.2, 0.25) is 0 Å². The Labute approximate surface area is 65.6 Å². The summed E-state index contributed by atoms with van der Waals surface area (Å²) in [5, 5.41) is 0. The van der Waals surface area contributed by atoms with Gasteiger partial charge in [0.25, 0.3) is 0 Å². The van der Waals surface area contributed by atoms with Crippen LogP contribution in [0.1, 0.15) is 5.56 Å². The SMILES string of the molecule is C#Cc1ccccc1SC. The second kappa shape index (κ2) is 3.34. The third-order valence-electron chi connectivity index (χ3n) is 1.26. The molecule has 0 fully saturated rings. The lowest BCUT2D eigenvalue weighted by molar-refractivity contribution is 1.42. The Hall–Kier alpha value is -0.870. The van der Waals surface area contributed by atoms with Crippen LogP contribution >= 0.6 is 11.8 Å². The van der Waals surface area contributed by atoms with E-state index >= 15 is 0 Å². The first kappa shape index (κ1) is 7.24.